The predicted molar refractivity (Wildman–Crippen MR) is 124 cm³/mol. The predicted octanol–water partition coefficient (Wildman–Crippen LogP) is 4.92. The number of hydrogen-bond acceptors (Lipinski definition) is 4. The summed E-state index contributed by atoms with van der Waals surface area (Å²) >= 11 is 5.90. The Kier molecular flexibility index (Phi) is 6.61. The molecule has 1 fully saturated rings. The van der Waals surface area contributed by atoms with Crippen molar-refractivity contribution in [3.8, 4) is 11.5 Å². The topological polar surface area (TPSA) is 67.9 Å². The van der Waals surface area contributed by atoms with Gasteiger partial charge in [-0.05, 0) is 54.1 Å². The van der Waals surface area contributed by atoms with Crippen LogP contribution in [0.5, 0.6) is 11.5 Å². The van der Waals surface area contributed by atoms with E-state index < -0.39 is 5.92 Å². The van der Waals surface area contributed by atoms with E-state index in [1.54, 1.807) is 36.3 Å². The Morgan fingerprint density at radius 1 is 1.06 bits per heavy atom. The zero-order chi connectivity index (χ0) is 22.5. The molecule has 4 rings (SSSR count). The number of amides is 2. The number of benzene rings is 3. The third kappa shape index (κ3) is 5.21. The smallest absolute Gasteiger partial charge is 0.229 e. The molecule has 0 radical (unpaired) electrons. The number of carbonyl (C=O) groups is 2. The molecular formula is C25H23ClN2O4. The average Bonchev–Trinajstić information content (AvgIpc) is 3.21. The first-order chi connectivity index (χ1) is 15.5. The number of halogens is 1. The molecule has 3 aromatic carbocycles. The summed E-state index contributed by atoms with van der Waals surface area (Å²) in [5.41, 5.74) is 2.39. The fourth-order valence-electron chi connectivity index (χ4n) is 3.55. The van der Waals surface area contributed by atoms with Crippen LogP contribution in [0.15, 0.2) is 72.8 Å². The first-order valence-electron chi connectivity index (χ1n) is 10.2. The van der Waals surface area contributed by atoms with Crippen LogP contribution in [0.25, 0.3) is 0 Å². The van der Waals surface area contributed by atoms with Crippen LogP contribution in [-0.2, 0) is 16.2 Å². The van der Waals surface area contributed by atoms with Gasteiger partial charge in [-0.25, -0.2) is 0 Å². The second-order valence-electron chi connectivity index (χ2n) is 7.54. The molecule has 1 unspecified atom stereocenters. The molecule has 6 nitrogen and oxygen atoms in total. The van der Waals surface area contributed by atoms with Crippen LogP contribution in [0.4, 0.5) is 11.4 Å². The summed E-state index contributed by atoms with van der Waals surface area (Å²) in [5.74, 6) is 0.671. The van der Waals surface area contributed by atoms with E-state index in [1.807, 2.05) is 48.5 Å². The zero-order valence-electron chi connectivity index (χ0n) is 17.6. The van der Waals surface area contributed by atoms with Crippen LogP contribution in [0.2, 0.25) is 5.02 Å². The summed E-state index contributed by atoms with van der Waals surface area (Å²) < 4.78 is 11.0. The Hall–Kier alpha value is -3.51. The number of hydrogen-bond donors (Lipinski definition) is 1. The van der Waals surface area contributed by atoms with E-state index in [2.05, 4.69) is 5.32 Å². The summed E-state index contributed by atoms with van der Waals surface area (Å²) in [6.45, 7) is 0.755. The van der Waals surface area contributed by atoms with Gasteiger partial charge in [-0.15, -0.1) is 0 Å². The quantitative estimate of drug-likeness (QED) is 0.554. The first kappa shape index (κ1) is 21.7. The van der Waals surface area contributed by atoms with Gasteiger partial charge in [0.05, 0.1) is 13.0 Å². The Balaban J connectivity index is 1.35. The minimum atomic E-state index is -0.422. The maximum absolute atomic E-state index is 12.7. The fourth-order valence-corrected chi connectivity index (χ4v) is 3.67. The lowest BCUT2D eigenvalue weighted by atomic mass is 10.1. The lowest BCUT2D eigenvalue weighted by Crippen LogP contribution is -2.28. The highest BCUT2D eigenvalue weighted by Gasteiger charge is 2.35. The molecule has 0 aliphatic carbocycles. The molecular weight excluding hydrogens is 428 g/mol. The van der Waals surface area contributed by atoms with Gasteiger partial charge in [-0.3, -0.25) is 9.59 Å². The van der Waals surface area contributed by atoms with Gasteiger partial charge in [0.1, 0.15) is 18.1 Å². The Morgan fingerprint density at radius 3 is 2.53 bits per heavy atom. The molecule has 7 heteroatoms. The molecule has 0 bridgehead atoms. The standard InChI is InChI=1S/C25H23ClN2O4/c1-31-23-4-2-3-20(14-23)27-25(30)18-13-24(29)28(15-18)21-9-11-22(12-10-21)32-16-17-5-7-19(26)8-6-17/h2-12,14,18H,13,15-16H2,1H3,(H,27,30). The zero-order valence-corrected chi connectivity index (χ0v) is 18.3. The number of rotatable bonds is 7. The molecule has 1 heterocycles. The van der Waals surface area contributed by atoms with Crippen molar-refractivity contribution < 1.29 is 19.1 Å². The molecule has 1 aliphatic heterocycles. The van der Waals surface area contributed by atoms with Gasteiger partial charge < -0.3 is 19.7 Å². The Labute approximate surface area is 191 Å². The summed E-state index contributed by atoms with van der Waals surface area (Å²) in [5, 5.41) is 3.55. The summed E-state index contributed by atoms with van der Waals surface area (Å²) in [6.07, 6.45) is 0.171. The highest BCUT2D eigenvalue weighted by atomic mass is 35.5. The Morgan fingerprint density at radius 2 is 1.81 bits per heavy atom. The molecule has 0 spiro atoms. The Bertz CT molecular complexity index is 1100. The van der Waals surface area contributed by atoms with Crippen molar-refractivity contribution in [1.29, 1.82) is 0 Å². The van der Waals surface area contributed by atoms with Gasteiger partial charge >= 0.3 is 0 Å². The number of nitrogens with one attached hydrogen (secondary N) is 1. The SMILES string of the molecule is COc1cccc(NC(=O)C2CC(=O)N(c3ccc(OCc4ccc(Cl)cc4)cc3)C2)c1. The molecule has 0 saturated carbocycles. The van der Waals surface area contributed by atoms with Crippen molar-refractivity contribution in [2.45, 2.75) is 13.0 Å². The van der Waals surface area contributed by atoms with Gasteiger partial charge in [0.15, 0.2) is 0 Å². The number of nitrogens with zero attached hydrogens (tertiary/aromatic N) is 1. The van der Waals surface area contributed by atoms with Gasteiger partial charge in [-0.1, -0.05) is 29.8 Å². The van der Waals surface area contributed by atoms with E-state index in [0.717, 1.165) is 11.3 Å². The van der Waals surface area contributed by atoms with Crippen LogP contribution in [0.3, 0.4) is 0 Å². The van der Waals surface area contributed by atoms with Crippen molar-refractivity contribution in [2.24, 2.45) is 5.92 Å². The lowest BCUT2D eigenvalue weighted by Gasteiger charge is -2.17. The van der Waals surface area contributed by atoms with Crippen molar-refractivity contribution >= 4 is 34.8 Å². The second kappa shape index (κ2) is 9.75. The highest BCUT2D eigenvalue weighted by Crippen LogP contribution is 2.28. The largest absolute Gasteiger partial charge is 0.497 e. The highest BCUT2D eigenvalue weighted by molar-refractivity contribution is 6.30. The van der Waals surface area contributed by atoms with Gasteiger partial charge in [-0.2, -0.15) is 0 Å². The van der Waals surface area contributed by atoms with E-state index in [4.69, 9.17) is 21.1 Å². The van der Waals surface area contributed by atoms with Crippen molar-refractivity contribution in [3.63, 3.8) is 0 Å². The molecule has 1 aliphatic rings. The van der Waals surface area contributed by atoms with Crippen molar-refractivity contribution in [3.05, 3.63) is 83.4 Å². The average molecular weight is 451 g/mol. The van der Waals surface area contributed by atoms with Gasteiger partial charge in [0.25, 0.3) is 0 Å². The molecule has 0 aromatic heterocycles. The number of carbonyl (C=O) groups excluding carboxylic acids is 2. The van der Waals surface area contributed by atoms with E-state index in [9.17, 15) is 9.59 Å². The maximum Gasteiger partial charge on any atom is 0.229 e. The summed E-state index contributed by atoms with van der Waals surface area (Å²) in [6, 6.07) is 21.9. The number of methoxy groups -OCH3 is 1. The van der Waals surface area contributed by atoms with E-state index in [1.165, 1.54) is 0 Å². The molecule has 1 atom stereocenters. The number of ether oxygens (including phenoxy) is 2. The monoisotopic (exact) mass is 450 g/mol. The number of anilines is 2. The minimum Gasteiger partial charge on any atom is -0.497 e. The van der Waals surface area contributed by atoms with Crippen LogP contribution >= 0.6 is 11.6 Å². The van der Waals surface area contributed by atoms with Crippen LogP contribution in [-0.4, -0.2) is 25.5 Å². The van der Waals surface area contributed by atoms with Crippen LogP contribution in [0, 0.1) is 5.92 Å². The molecule has 1 N–H and O–H groups in total. The van der Waals surface area contributed by atoms with E-state index >= 15 is 0 Å². The van der Waals surface area contributed by atoms with Gasteiger partial charge in [0.2, 0.25) is 11.8 Å². The first-order valence-corrected chi connectivity index (χ1v) is 10.6. The van der Waals surface area contributed by atoms with Crippen molar-refractivity contribution in [2.75, 3.05) is 23.9 Å². The molecule has 2 amide bonds. The molecule has 3 aromatic rings. The summed E-state index contributed by atoms with van der Waals surface area (Å²) in [4.78, 5) is 26.9. The summed E-state index contributed by atoms with van der Waals surface area (Å²) in [7, 11) is 1.57. The second-order valence-corrected chi connectivity index (χ2v) is 7.97. The van der Waals surface area contributed by atoms with Crippen LogP contribution < -0.4 is 19.7 Å². The van der Waals surface area contributed by atoms with E-state index in [-0.39, 0.29) is 18.2 Å². The minimum absolute atomic E-state index is 0.0781. The molecule has 32 heavy (non-hydrogen) atoms. The molecule has 164 valence electrons. The van der Waals surface area contributed by atoms with Crippen molar-refractivity contribution in [1.82, 2.24) is 0 Å². The third-order valence-electron chi connectivity index (χ3n) is 5.30. The fraction of sp³-hybridized carbons (Fsp3) is 0.200. The maximum atomic E-state index is 12.7. The lowest BCUT2D eigenvalue weighted by molar-refractivity contribution is -0.122. The van der Waals surface area contributed by atoms with Gasteiger partial charge in [0, 0.05) is 35.4 Å². The third-order valence-corrected chi connectivity index (χ3v) is 5.55. The van der Waals surface area contributed by atoms with Crippen LogP contribution in [0.1, 0.15) is 12.0 Å². The molecule has 1 saturated heterocycles. The van der Waals surface area contributed by atoms with E-state index in [0.29, 0.717) is 35.4 Å². The normalized spacial score (nSPS) is 15.5.